The molecule has 2 aromatic rings. The van der Waals surface area contributed by atoms with Crippen LogP contribution in [-0.4, -0.2) is 29.8 Å². The average Bonchev–Trinajstić information content (AvgIpc) is 3.15. The Morgan fingerprint density at radius 2 is 2.16 bits per heavy atom. The van der Waals surface area contributed by atoms with Crippen molar-refractivity contribution < 1.29 is 18.4 Å². The number of nitriles is 1. The SMILES string of the molecule is CCN(Cc1ccc(C#N)cc1F)C(=O)CCNC(=O)c1ccoc1. The highest BCUT2D eigenvalue weighted by molar-refractivity contribution is 5.94. The van der Waals surface area contributed by atoms with Gasteiger partial charge in [0.05, 0.1) is 23.5 Å². The molecule has 1 aromatic carbocycles. The quantitative estimate of drug-likeness (QED) is 0.837. The van der Waals surface area contributed by atoms with Gasteiger partial charge in [0.2, 0.25) is 5.91 Å². The van der Waals surface area contributed by atoms with Gasteiger partial charge in [0.25, 0.3) is 5.91 Å². The van der Waals surface area contributed by atoms with Gasteiger partial charge < -0.3 is 14.6 Å². The third-order valence-corrected chi connectivity index (χ3v) is 3.69. The molecule has 0 bridgehead atoms. The maximum atomic E-state index is 14.0. The van der Waals surface area contributed by atoms with E-state index in [1.54, 1.807) is 6.92 Å². The molecular weight excluding hydrogens is 325 g/mol. The summed E-state index contributed by atoms with van der Waals surface area (Å²) in [4.78, 5) is 25.5. The molecule has 0 aliphatic carbocycles. The van der Waals surface area contributed by atoms with Crippen LogP contribution in [0, 0.1) is 17.1 Å². The number of nitrogens with zero attached hydrogens (tertiary/aromatic N) is 2. The molecule has 0 radical (unpaired) electrons. The number of carbonyl (C=O) groups excluding carboxylic acids is 2. The summed E-state index contributed by atoms with van der Waals surface area (Å²) < 4.78 is 18.8. The number of carbonyl (C=O) groups is 2. The fourth-order valence-electron chi connectivity index (χ4n) is 2.26. The Morgan fingerprint density at radius 3 is 2.76 bits per heavy atom. The van der Waals surface area contributed by atoms with Crippen molar-refractivity contribution in [2.45, 2.75) is 19.9 Å². The van der Waals surface area contributed by atoms with Gasteiger partial charge in [-0.2, -0.15) is 5.26 Å². The second kappa shape index (κ2) is 8.64. The molecule has 130 valence electrons. The number of amides is 2. The minimum Gasteiger partial charge on any atom is -0.472 e. The van der Waals surface area contributed by atoms with E-state index in [1.807, 2.05) is 6.07 Å². The number of benzene rings is 1. The molecule has 0 atom stereocenters. The normalized spacial score (nSPS) is 10.1. The molecule has 0 unspecified atom stereocenters. The topological polar surface area (TPSA) is 86.3 Å². The second-order valence-corrected chi connectivity index (χ2v) is 5.34. The molecule has 2 amide bonds. The van der Waals surface area contributed by atoms with Gasteiger partial charge in [0.15, 0.2) is 0 Å². The Kier molecular flexibility index (Phi) is 6.29. The van der Waals surface area contributed by atoms with E-state index in [1.165, 1.54) is 35.6 Å². The smallest absolute Gasteiger partial charge is 0.254 e. The highest BCUT2D eigenvalue weighted by atomic mass is 19.1. The predicted octanol–water partition coefficient (Wildman–Crippen LogP) is 2.46. The Hall–Kier alpha value is -3.14. The van der Waals surface area contributed by atoms with E-state index >= 15 is 0 Å². The van der Waals surface area contributed by atoms with Crippen molar-refractivity contribution in [2.24, 2.45) is 0 Å². The first-order valence-corrected chi connectivity index (χ1v) is 7.81. The number of furan rings is 1. The van der Waals surface area contributed by atoms with E-state index in [9.17, 15) is 14.0 Å². The lowest BCUT2D eigenvalue weighted by atomic mass is 10.1. The van der Waals surface area contributed by atoms with E-state index in [0.29, 0.717) is 17.7 Å². The number of rotatable bonds is 7. The van der Waals surface area contributed by atoms with Gasteiger partial charge in [-0.25, -0.2) is 4.39 Å². The summed E-state index contributed by atoms with van der Waals surface area (Å²) in [5, 5.41) is 11.4. The summed E-state index contributed by atoms with van der Waals surface area (Å²) in [5.41, 5.74) is 0.966. The molecule has 0 spiro atoms. The zero-order chi connectivity index (χ0) is 18.2. The van der Waals surface area contributed by atoms with Crippen molar-refractivity contribution in [2.75, 3.05) is 13.1 Å². The minimum atomic E-state index is -0.515. The van der Waals surface area contributed by atoms with Crippen LogP contribution in [0.2, 0.25) is 0 Å². The van der Waals surface area contributed by atoms with Crippen LogP contribution in [0.3, 0.4) is 0 Å². The van der Waals surface area contributed by atoms with Crippen molar-refractivity contribution in [3.8, 4) is 6.07 Å². The summed E-state index contributed by atoms with van der Waals surface area (Å²) in [6, 6.07) is 7.57. The Bertz CT molecular complexity index is 781. The van der Waals surface area contributed by atoms with Crippen LogP contribution >= 0.6 is 0 Å². The molecule has 0 aliphatic rings. The molecule has 25 heavy (non-hydrogen) atoms. The molecule has 0 fully saturated rings. The molecule has 1 N–H and O–H groups in total. The summed E-state index contributed by atoms with van der Waals surface area (Å²) in [5.74, 6) is -1.03. The molecule has 0 saturated heterocycles. The van der Waals surface area contributed by atoms with Crippen LogP contribution in [0.5, 0.6) is 0 Å². The molecule has 6 nitrogen and oxygen atoms in total. The maximum absolute atomic E-state index is 14.0. The summed E-state index contributed by atoms with van der Waals surface area (Å²) >= 11 is 0. The van der Waals surface area contributed by atoms with E-state index in [-0.39, 0.29) is 36.9 Å². The van der Waals surface area contributed by atoms with Gasteiger partial charge in [-0.15, -0.1) is 0 Å². The Labute approximate surface area is 144 Å². The third kappa shape index (κ3) is 4.91. The summed E-state index contributed by atoms with van der Waals surface area (Å²) in [7, 11) is 0. The monoisotopic (exact) mass is 343 g/mol. The molecule has 7 heteroatoms. The van der Waals surface area contributed by atoms with Gasteiger partial charge in [-0.1, -0.05) is 6.07 Å². The molecule has 0 saturated carbocycles. The Morgan fingerprint density at radius 1 is 1.36 bits per heavy atom. The molecule has 1 aromatic heterocycles. The second-order valence-electron chi connectivity index (χ2n) is 5.34. The first kappa shape index (κ1) is 18.2. The molecular formula is C18H18FN3O3. The van der Waals surface area contributed by atoms with Gasteiger partial charge in [0, 0.05) is 31.6 Å². The van der Waals surface area contributed by atoms with Gasteiger partial charge in [0.1, 0.15) is 12.1 Å². The van der Waals surface area contributed by atoms with Crippen molar-refractivity contribution in [1.29, 1.82) is 5.26 Å². The van der Waals surface area contributed by atoms with Crippen molar-refractivity contribution >= 4 is 11.8 Å². The number of nitrogens with one attached hydrogen (secondary N) is 1. The summed E-state index contributed by atoms with van der Waals surface area (Å²) in [6.07, 6.45) is 2.82. The highest BCUT2D eigenvalue weighted by Crippen LogP contribution is 2.13. The van der Waals surface area contributed by atoms with Crippen LogP contribution in [-0.2, 0) is 11.3 Å². The van der Waals surface area contributed by atoms with Gasteiger partial charge in [-0.3, -0.25) is 9.59 Å². The largest absolute Gasteiger partial charge is 0.472 e. The van der Waals surface area contributed by atoms with Gasteiger partial charge >= 0.3 is 0 Å². The summed E-state index contributed by atoms with van der Waals surface area (Å²) in [6.45, 7) is 2.50. The van der Waals surface area contributed by atoms with E-state index in [4.69, 9.17) is 9.68 Å². The van der Waals surface area contributed by atoms with Crippen molar-refractivity contribution in [1.82, 2.24) is 10.2 Å². The highest BCUT2D eigenvalue weighted by Gasteiger charge is 2.15. The standard InChI is InChI=1S/C18H18FN3O3/c1-2-22(11-14-4-3-13(10-20)9-16(14)19)17(23)5-7-21-18(24)15-6-8-25-12-15/h3-4,6,8-9,12H,2,5,7,11H2,1H3,(H,21,24). The third-order valence-electron chi connectivity index (χ3n) is 3.69. The zero-order valence-corrected chi connectivity index (χ0v) is 13.8. The fraction of sp³-hybridized carbons (Fsp3) is 0.278. The van der Waals surface area contributed by atoms with Crippen molar-refractivity contribution in [3.05, 3.63) is 59.3 Å². The first-order chi connectivity index (χ1) is 12.0. The number of hydrogen-bond acceptors (Lipinski definition) is 4. The first-order valence-electron chi connectivity index (χ1n) is 7.81. The maximum Gasteiger partial charge on any atom is 0.254 e. The fourth-order valence-corrected chi connectivity index (χ4v) is 2.26. The molecule has 0 aliphatic heterocycles. The predicted molar refractivity (Wildman–Crippen MR) is 87.9 cm³/mol. The lowest BCUT2D eigenvalue weighted by Crippen LogP contribution is -2.34. The number of hydrogen-bond donors (Lipinski definition) is 1. The zero-order valence-electron chi connectivity index (χ0n) is 13.8. The minimum absolute atomic E-state index is 0.106. The Balaban J connectivity index is 1.88. The van der Waals surface area contributed by atoms with Crippen LogP contribution < -0.4 is 5.32 Å². The van der Waals surface area contributed by atoms with Crippen molar-refractivity contribution in [3.63, 3.8) is 0 Å². The lowest BCUT2D eigenvalue weighted by molar-refractivity contribution is -0.131. The average molecular weight is 343 g/mol. The van der Waals surface area contributed by atoms with Crippen LogP contribution in [0.25, 0.3) is 0 Å². The van der Waals surface area contributed by atoms with Crippen LogP contribution in [0.1, 0.15) is 34.8 Å². The molecule has 1 heterocycles. The van der Waals surface area contributed by atoms with E-state index in [0.717, 1.165) is 6.07 Å². The van der Waals surface area contributed by atoms with Crippen LogP contribution in [0.15, 0.2) is 41.2 Å². The van der Waals surface area contributed by atoms with Gasteiger partial charge in [-0.05, 0) is 25.1 Å². The lowest BCUT2D eigenvalue weighted by Gasteiger charge is -2.21. The number of halogens is 1. The van der Waals surface area contributed by atoms with E-state index in [2.05, 4.69) is 5.32 Å². The van der Waals surface area contributed by atoms with Crippen LogP contribution in [0.4, 0.5) is 4.39 Å². The van der Waals surface area contributed by atoms with E-state index < -0.39 is 5.82 Å². The molecule has 2 rings (SSSR count).